The smallest absolute Gasteiger partial charge is 0.262 e. The fourth-order valence-corrected chi connectivity index (χ4v) is 3.81. The average Bonchev–Trinajstić information content (AvgIpc) is 2.73. The van der Waals surface area contributed by atoms with Gasteiger partial charge >= 0.3 is 0 Å². The summed E-state index contributed by atoms with van der Waals surface area (Å²) < 4.78 is 33.3. The predicted molar refractivity (Wildman–Crippen MR) is 114 cm³/mol. The molecule has 0 aromatic heterocycles. The molecule has 0 atom stereocenters. The lowest BCUT2D eigenvalue weighted by Crippen LogP contribution is -2.20. The van der Waals surface area contributed by atoms with Crippen LogP contribution < -0.4 is 14.8 Å². The van der Waals surface area contributed by atoms with E-state index in [4.69, 9.17) is 4.74 Å². The third kappa shape index (κ3) is 5.58. The van der Waals surface area contributed by atoms with Gasteiger partial charge in [0.15, 0.2) is 6.61 Å². The number of hydrogen-bond acceptors (Lipinski definition) is 4. The Bertz CT molecular complexity index is 1070. The first kappa shape index (κ1) is 20.4. The standard InChI is InChI=1S/C22H22N2O4S/c1-2-17-8-6-7-11-21(17)24-29(26,27)20-14-12-18(13-15-20)23-22(25)16-28-19-9-4-3-5-10-19/h3-15,24H,2,16H2,1H3,(H,23,25). The molecule has 0 radical (unpaired) electrons. The summed E-state index contributed by atoms with van der Waals surface area (Å²) in [5.41, 5.74) is 1.96. The molecule has 0 aliphatic carbocycles. The first-order valence-corrected chi connectivity index (χ1v) is 10.6. The Labute approximate surface area is 170 Å². The molecule has 0 unspecified atom stereocenters. The zero-order valence-corrected chi connectivity index (χ0v) is 16.8. The van der Waals surface area contributed by atoms with E-state index in [1.807, 2.05) is 37.3 Å². The van der Waals surface area contributed by atoms with Gasteiger partial charge in [0.2, 0.25) is 0 Å². The number of rotatable bonds is 8. The maximum Gasteiger partial charge on any atom is 0.262 e. The van der Waals surface area contributed by atoms with E-state index in [0.717, 1.165) is 5.56 Å². The van der Waals surface area contributed by atoms with Crippen molar-refractivity contribution in [3.05, 3.63) is 84.4 Å². The highest BCUT2D eigenvalue weighted by atomic mass is 32.2. The summed E-state index contributed by atoms with van der Waals surface area (Å²) in [6, 6.07) is 22.3. The summed E-state index contributed by atoms with van der Waals surface area (Å²) >= 11 is 0. The van der Waals surface area contributed by atoms with Crippen LogP contribution in [0.4, 0.5) is 11.4 Å². The van der Waals surface area contributed by atoms with Gasteiger partial charge in [0.05, 0.1) is 10.6 Å². The largest absolute Gasteiger partial charge is 0.484 e. The molecule has 29 heavy (non-hydrogen) atoms. The Morgan fingerprint density at radius 2 is 1.55 bits per heavy atom. The molecule has 0 aliphatic heterocycles. The Morgan fingerprint density at radius 1 is 0.897 bits per heavy atom. The van der Waals surface area contributed by atoms with Crippen LogP contribution in [-0.4, -0.2) is 20.9 Å². The highest BCUT2D eigenvalue weighted by Gasteiger charge is 2.15. The van der Waals surface area contributed by atoms with Crippen molar-refractivity contribution in [2.45, 2.75) is 18.2 Å². The van der Waals surface area contributed by atoms with E-state index >= 15 is 0 Å². The molecular weight excluding hydrogens is 388 g/mol. The summed E-state index contributed by atoms with van der Waals surface area (Å²) in [5, 5.41) is 2.68. The lowest BCUT2D eigenvalue weighted by Gasteiger charge is -2.12. The lowest BCUT2D eigenvalue weighted by molar-refractivity contribution is -0.118. The number of para-hydroxylation sites is 2. The van der Waals surface area contributed by atoms with Crippen molar-refractivity contribution in [3.63, 3.8) is 0 Å². The Balaban J connectivity index is 1.62. The van der Waals surface area contributed by atoms with Crippen molar-refractivity contribution in [2.24, 2.45) is 0 Å². The van der Waals surface area contributed by atoms with Gasteiger partial charge in [-0.25, -0.2) is 8.42 Å². The summed E-state index contributed by atoms with van der Waals surface area (Å²) in [6.07, 6.45) is 0.717. The third-order valence-electron chi connectivity index (χ3n) is 4.20. The number of sulfonamides is 1. The zero-order chi connectivity index (χ0) is 20.7. The van der Waals surface area contributed by atoms with Gasteiger partial charge in [0, 0.05) is 5.69 Å². The van der Waals surface area contributed by atoms with Crippen LogP contribution in [0.2, 0.25) is 0 Å². The highest BCUT2D eigenvalue weighted by Crippen LogP contribution is 2.21. The molecule has 0 heterocycles. The molecule has 0 saturated heterocycles. The Kier molecular flexibility index (Phi) is 6.51. The summed E-state index contributed by atoms with van der Waals surface area (Å²) in [7, 11) is -3.72. The second-order valence-electron chi connectivity index (χ2n) is 6.29. The van der Waals surface area contributed by atoms with E-state index in [0.29, 0.717) is 23.5 Å². The van der Waals surface area contributed by atoms with Gasteiger partial charge in [0.1, 0.15) is 5.75 Å². The second-order valence-corrected chi connectivity index (χ2v) is 7.97. The molecular formula is C22H22N2O4S. The maximum atomic E-state index is 12.6. The SMILES string of the molecule is CCc1ccccc1NS(=O)(=O)c1ccc(NC(=O)COc2ccccc2)cc1. The number of nitrogens with one attached hydrogen (secondary N) is 2. The summed E-state index contributed by atoms with van der Waals surface area (Å²) in [5.74, 6) is 0.266. The minimum atomic E-state index is -3.72. The first-order valence-electron chi connectivity index (χ1n) is 9.16. The zero-order valence-electron chi connectivity index (χ0n) is 16.0. The lowest BCUT2D eigenvalue weighted by atomic mass is 10.1. The number of hydrogen-bond donors (Lipinski definition) is 2. The molecule has 7 heteroatoms. The van der Waals surface area contributed by atoms with Crippen LogP contribution in [0.25, 0.3) is 0 Å². The number of carbonyl (C=O) groups excluding carboxylic acids is 1. The van der Waals surface area contributed by atoms with E-state index in [1.54, 1.807) is 36.4 Å². The van der Waals surface area contributed by atoms with Gasteiger partial charge < -0.3 is 10.1 Å². The Hall–Kier alpha value is -3.32. The quantitative estimate of drug-likeness (QED) is 0.586. The van der Waals surface area contributed by atoms with Crippen LogP contribution in [0.3, 0.4) is 0 Å². The fraction of sp³-hybridized carbons (Fsp3) is 0.136. The topological polar surface area (TPSA) is 84.5 Å². The first-order chi connectivity index (χ1) is 14.0. The number of benzene rings is 3. The van der Waals surface area contributed by atoms with Crippen molar-refractivity contribution in [1.82, 2.24) is 0 Å². The molecule has 150 valence electrons. The van der Waals surface area contributed by atoms with Crippen molar-refractivity contribution in [3.8, 4) is 5.75 Å². The van der Waals surface area contributed by atoms with Crippen molar-refractivity contribution >= 4 is 27.3 Å². The number of carbonyl (C=O) groups is 1. The molecule has 0 saturated carbocycles. The maximum absolute atomic E-state index is 12.6. The third-order valence-corrected chi connectivity index (χ3v) is 5.59. The molecule has 3 rings (SSSR count). The average molecular weight is 410 g/mol. The van der Waals surface area contributed by atoms with Gasteiger partial charge in [-0.1, -0.05) is 43.3 Å². The molecule has 1 amide bonds. The molecule has 0 spiro atoms. The van der Waals surface area contributed by atoms with Gasteiger partial charge in [-0.2, -0.15) is 0 Å². The van der Waals surface area contributed by atoms with E-state index in [2.05, 4.69) is 10.0 Å². The number of aryl methyl sites for hydroxylation is 1. The van der Waals surface area contributed by atoms with Crippen LogP contribution in [-0.2, 0) is 21.2 Å². The molecule has 0 bridgehead atoms. The second kappa shape index (κ2) is 9.25. The summed E-state index contributed by atoms with van der Waals surface area (Å²) in [4.78, 5) is 12.1. The van der Waals surface area contributed by atoms with Crippen LogP contribution >= 0.6 is 0 Å². The minimum Gasteiger partial charge on any atom is -0.484 e. The normalized spacial score (nSPS) is 10.9. The number of amides is 1. The number of anilines is 2. The fourth-order valence-electron chi connectivity index (χ4n) is 2.71. The van der Waals surface area contributed by atoms with Gasteiger partial charge in [-0.3, -0.25) is 9.52 Å². The van der Waals surface area contributed by atoms with E-state index < -0.39 is 10.0 Å². The molecule has 0 aliphatic rings. The molecule has 0 fully saturated rings. The van der Waals surface area contributed by atoms with Crippen LogP contribution in [0.1, 0.15) is 12.5 Å². The van der Waals surface area contributed by atoms with E-state index in [-0.39, 0.29) is 17.4 Å². The predicted octanol–water partition coefficient (Wildman–Crippen LogP) is 4.07. The van der Waals surface area contributed by atoms with Crippen LogP contribution in [0.15, 0.2) is 83.8 Å². The molecule has 2 N–H and O–H groups in total. The molecule has 3 aromatic carbocycles. The Morgan fingerprint density at radius 3 is 2.24 bits per heavy atom. The minimum absolute atomic E-state index is 0.113. The molecule has 3 aromatic rings. The van der Waals surface area contributed by atoms with E-state index in [9.17, 15) is 13.2 Å². The monoisotopic (exact) mass is 410 g/mol. The van der Waals surface area contributed by atoms with Crippen molar-refractivity contribution in [1.29, 1.82) is 0 Å². The molecule has 6 nitrogen and oxygen atoms in total. The van der Waals surface area contributed by atoms with Crippen LogP contribution in [0.5, 0.6) is 5.75 Å². The van der Waals surface area contributed by atoms with Gasteiger partial charge in [0.25, 0.3) is 15.9 Å². The van der Waals surface area contributed by atoms with Crippen molar-refractivity contribution in [2.75, 3.05) is 16.6 Å². The van der Waals surface area contributed by atoms with E-state index in [1.165, 1.54) is 12.1 Å². The van der Waals surface area contributed by atoms with Crippen LogP contribution in [0, 0.1) is 0 Å². The highest BCUT2D eigenvalue weighted by molar-refractivity contribution is 7.92. The van der Waals surface area contributed by atoms with Gasteiger partial charge in [-0.05, 0) is 54.4 Å². The van der Waals surface area contributed by atoms with Crippen molar-refractivity contribution < 1.29 is 17.9 Å². The summed E-state index contributed by atoms with van der Waals surface area (Å²) in [6.45, 7) is 1.82. The van der Waals surface area contributed by atoms with Gasteiger partial charge in [-0.15, -0.1) is 0 Å². The number of ether oxygens (including phenoxy) is 1.